The Morgan fingerprint density at radius 1 is 1.12 bits per heavy atom. The molecule has 0 radical (unpaired) electrons. The van der Waals surface area contributed by atoms with Gasteiger partial charge in [-0.3, -0.25) is 9.59 Å². The number of aromatic nitrogens is 2. The normalized spacial score (nSPS) is 13.5. The largest absolute Gasteiger partial charge is 0.494 e. The number of fused-ring (bicyclic) bond motifs is 1. The molecule has 1 saturated heterocycles. The molecule has 264 valence electrons. The highest BCUT2D eigenvalue weighted by molar-refractivity contribution is 7.89. The minimum atomic E-state index is -4.11. The number of nitrogens with two attached hydrogens (primary N) is 1. The van der Waals surface area contributed by atoms with Crippen molar-refractivity contribution in [2.75, 3.05) is 64.2 Å². The van der Waals surface area contributed by atoms with Crippen molar-refractivity contribution < 1.29 is 32.3 Å². The fourth-order valence-electron chi connectivity index (χ4n) is 5.98. The Morgan fingerprint density at radius 2 is 1.88 bits per heavy atom. The zero-order valence-electron chi connectivity index (χ0n) is 28.5. The molecule has 3 aromatic carbocycles. The summed E-state index contributed by atoms with van der Waals surface area (Å²) in [4.78, 5) is 50.2. The van der Waals surface area contributed by atoms with E-state index in [4.69, 9.17) is 14.6 Å². The molecule has 15 heteroatoms. The van der Waals surface area contributed by atoms with Crippen molar-refractivity contribution in [1.29, 1.82) is 0 Å². The van der Waals surface area contributed by atoms with E-state index in [1.165, 1.54) is 12.0 Å². The van der Waals surface area contributed by atoms with Gasteiger partial charge in [0.2, 0.25) is 11.6 Å². The molecule has 4 aromatic rings. The summed E-state index contributed by atoms with van der Waals surface area (Å²) < 4.78 is 35.9. The van der Waals surface area contributed by atoms with Crippen LogP contribution in [0.4, 0.5) is 11.4 Å². The molecule has 0 aliphatic carbocycles. The van der Waals surface area contributed by atoms with Crippen LogP contribution >= 0.6 is 0 Å². The number of anilines is 2. The van der Waals surface area contributed by atoms with Crippen LogP contribution in [0.3, 0.4) is 0 Å². The Balaban J connectivity index is 1.37. The van der Waals surface area contributed by atoms with Crippen LogP contribution in [-0.4, -0.2) is 100 Å². The zero-order chi connectivity index (χ0) is 36.0. The van der Waals surface area contributed by atoms with Crippen molar-refractivity contribution in [3.05, 3.63) is 65.4 Å². The molecule has 5 rings (SSSR count). The molecule has 0 saturated carbocycles. The molecule has 0 unspecified atom stereocenters. The average molecular weight is 704 g/mol. The van der Waals surface area contributed by atoms with Gasteiger partial charge in [-0.15, -0.1) is 0 Å². The maximum atomic E-state index is 14.1. The lowest BCUT2D eigenvalue weighted by Crippen LogP contribution is -2.44. The third-order valence-corrected chi connectivity index (χ3v) is 9.43. The summed E-state index contributed by atoms with van der Waals surface area (Å²) >= 11 is 0. The van der Waals surface area contributed by atoms with Gasteiger partial charge in [0.1, 0.15) is 11.7 Å². The Morgan fingerprint density at radius 3 is 2.56 bits per heavy atom. The van der Waals surface area contributed by atoms with E-state index in [0.717, 1.165) is 38.2 Å². The van der Waals surface area contributed by atoms with E-state index in [1.807, 2.05) is 19.1 Å². The van der Waals surface area contributed by atoms with Gasteiger partial charge in [-0.25, -0.2) is 23.3 Å². The van der Waals surface area contributed by atoms with E-state index in [1.54, 1.807) is 43.4 Å². The summed E-state index contributed by atoms with van der Waals surface area (Å²) in [5, 5.41) is 7.52. The van der Waals surface area contributed by atoms with Gasteiger partial charge in [0.05, 0.1) is 47.4 Å². The Kier molecular flexibility index (Phi) is 11.2. The van der Waals surface area contributed by atoms with Crippen LogP contribution in [0.15, 0.2) is 59.4 Å². The molecule has 1 aromatic heterocycles. The number of rotatable bonds is 14. The number of hydrogen-bond donors (Lipinski definition) is 3. The van der Waals surface area contributed by atoms with Gasteiger partial charge < -0.3 is 34.5 Å². The number of primary sulfonamides is 1. The minimum absolute atomic E-state index is 0.116. The number of ether oxygens (including phenoxy) is 2. The van der Waals surface area contributed by atoms with Crippen molar-refractivity contribution in [1.82, 2.24) is 19.8 Å². The van der Waals surface area contributed by atoms with E-state index in [2.05, 4.69) is 38.1 Å². The number of amides is 2. The molecule has 2 heterocycles. The second kappa shape index (κ2) is 15.6. The number of carbonyl (C=O) groups excluding carboxylic acids is 3. The number of aromatic amines is 1. The number of benzene rings is 3. The van der Waals surface area contributed by atoms with Crippen molar-refractivity contribution in [2.24, 2.45) is 5.14 Å². The molecule has 1 aliphatic heterocycles. The number of nitrogens with one attached hydrogen (secondary N) is 2. The highest BCUT2D eigenvalue weighted by Gasteiger charge is 2.26. The summed E-state index contributed by atoms with van der Waals surface area (Å²) in [6.07, 6.45) is 2.50. The molecule has 0 atom stereocenters. The summed E-state index contributed by atoms with van der Waals surface area (Å²) in [6, 6.07) is 13.8. The lowest BCUT2D eigenvalue weighted by atomic mass is 9.98. The summed E-state index contributed by atoms with van der Waals surface area (Å²) in [5.41, 5.74) is 4.07. The van der Waals surface area contributed by atoms with E-state index in [0.29, 0.717) is 65.2 Å². The van der Waals surface area contributed by atoms with Gasteiger partial charge in [-0.05, 0) is 69.1 Å². The topological polar surface area (TPSA) is 180 Å². The number of methoxy groups -OCH3 is 1. The van der Waals surface area contributed by atoms with Crippen LogP contribution in [0.2, 0.25) is 0 Å². The van der Waals surface area contributed by atoms with Crippen LogP contribution in [0.25, 0.3) is 22.2 Å². The van der Waals surface area contributed by atoms with Crippen LogP contribution in [-0.2, 0) is 19.6 Å². The van der Waals surface area contributed by atoms with Gasteiger partial charge in [0.15, 0.2) is 5.75 Å². The first-order valence-corrected chi connectivity index (χ1v) is 17.6. The maximum absolute atomic E-state index is 14.1. The number of para-hydroxylation sites is 1. The predicted molar refractivity (Wildman–Crippen MR) is 191 cm³/mol. The van der Waals surface area contributed by atoms with E-state index in [9.17, 15) is 22.8 Å². The monoisotopic (exact) mass is 703 g/mol. The SMILES string of the molecule is COc1c(-c2cccc3[nH]c(S(N)(=O)=O)nc23)ccc(C(=O)N(C)c2ccc(C)cc2OCCCCC(=C=O)N2CCN(C)CC2)c1NC=O. The van der Waals surface area contributed by atoms with Crippen LogP contribution < -0.4 is 24.8 Å². The number of sulfonamides is 1. The third-order valence-electron chi connectivity index (χ3n) is 8.70. The maximum Gasteiger partial charge on any atom is 0.271 e. The van der Waals surface area contributed by atoms with Gasteiger partial charge in [-0.1, -0.05) is 18.2 Å². The highest BCUT2D eigenvalue weighted by atomic mass is 32.2. The number of aryl methyl sites for hydroxylation is 1. The molecule has 14 nitrogen and oxygen atoms in total. The summed E-state index contributed by atoms with van der Waals surface area (Å²) in [5.74, 6) is 2.36. The second-order valence-corrected chi connectivity index (χ2v) is 13.6. The molecule has 4 N–H and O–H groups in total. The number of imidazole rings is 1. The van der Waals surface area contributed by atoms with E-state index < -0.39 is 21.1 Å². The fraction of sp³-hybridized carbons (Fsp3) is 0.343. The number of H-pyrrole nitrogens is 1. The Hall–Kier alpha value is -5.21. The van der Waals surface area contributed by atoms with Crippen molar-refractivity contribution in [2.45, 2.75) is 31.3 Å². The van der Waals surface area contributed by atoms with Crippen molar-refractivity contribution in [3.8, 4) is 22.6 Å². The fourth-order valence-corrected chi connectivity index (χ4v) is 6.45. The van der Waals surface area contributed by atoms with Gasteiger partial charge in [-0.2, -0.15) is 0 Å². The predicted octanol–water partition coefficient (Wildman–Crippen LogP) is 3.55. The molecule has 0 bridgehead atoms. The third kappa shape index (κ3) is 7.81. The summed E-state index contributed by atoms with van der Waals surface area (Å²) in [7, 11) is 0.971. The smallest absolute Gasteiger partial charge is 0.271 e. The number of carbonyl (C=O) groups is 2. The summed E-state index contributed by atoms with van der Waals surface area (Å²) in [6.45, 7) is 5.74. The minimum Gasteiger partial charge on any atom is -0.494 e. The number of unbranched alkanes of at least 4 members (excludes halogenated alkanes) is 1. The molecular formula is C35H41N7O7S. The van der Waals surface area contributed by atoms with E-state index >= 15 is 0 Å². The second-order valence-electron chi connectivity index (χ2n) is 12.1. The van der Waals surface area contributed by atoms with Gasteiger partial charge in [0.25, 0.3) is 15.9 Å². The van der Waals surface area contributed by atoms with E-state index in [-0.39, 0.29) is 17.0 Å². The molecule has 1 aliphatic rings. The van der Waals surface area contributed by atoms with Crippen molar-refractivity contribution >= 4 is 50.7 Å². The Labute approximate surface area is 290 Å². The number of nitrogens with zero attached hydrogens (tertiary/aromatic N) is 4. The lowest BCUT2D eigenvalue weighted by molar-refractivity contribution is -0.105. The lowest BCUT2D eigenvalue weighted by Gasteiger charge is -2.34. The Bertz CT molecular complexity index is 2050. The van der Waals surface area contributed by atoms with Crippen molar-refractivity contribution in [3.63, 3.8) is 0 Å². The average Bonchev–Trinajstić information content (AvgIpc) is 3.56. The molecule has 50 heavy (non-hydrogen) atoms. The first-order chi connectivity index (χ1) is 24.0. The van der Waals surface area contributed by atoms with Crippen LogP contribution in [0.1, 0.15) is 35.2 Å². The van der Waals surface area contributed by atoms with Crippen LogP contribution in [0, 0.1) is 6.92 Å². The first kappa shape index (κ1) is 36.1. The zero-order valence-corrected chi connectivity index (χ0v) is 29.3. The molecular weight excluding hydrogens is 662 g/mol. The van der Waals surface area contributed by atoms with Gasteiger partial charge >= 0.3 is 0 Å². The van der Waals surface area contributed by atoms with Gasteiger partial charge in [0, 0.05) is 44.4 Å². The highest BCUT2D eigenvalue weighted by Crippen LogP contribution is 2.42. The number of piperazine rings is 1. The number of allylic oxidation sites excluding steroid dienone is 1. The first-order valence-electron chi connectivity index (χ1n) is 16.1. The molecule has 1 fully saturated rings. The van der Waals surface area contributed by atoms with Crippen LogP contribution in [0.5, 0.6) is 11.5 Å². The quantitative estimate of drug-likeness (QED) is 0.0999. The molecule has 2 amide bonds. The standard InChI is InChI=1S/C35H41N7O7S/c1-23-11-14-29(30(20-23)49-19-6-5-8-24(21-43)42-17-15-40(2)16-18-42)41(3)34(45)27-13-12-26(33(48-4)32(27)37-22-44)25-9-7-10-28-31(25)39-35(38-28)50(36,46)47/h7,9-14,20,22H,5-6,8,15-19H2,1-4H3,(H,37,44)(H,38,39)(H2,36,46,47). The number of likely N-dealkylation sites (N-methyl/N-ethyl adjacent to an activating group) is 1. The number of hydrogen-bond acceptors (Lipinski definition) is 10. The molecule has 0 spiro atoms.